The van der Waals surface area contributed by atoms with Gasteiger partial charge in [0.05, 0.1) is 14.2 Å². The number of halogens is 1. The van der Waals surface area contributed by atoms with E-state index in [1.54, 1.807) is 20.3 Å². The maximum atomic E-state index is 14.3. The van der Waals surface area contributed by atoms with Crippen LogP contribution in [-0.2, 0) is 5.67 Å². The molecule has 1 aromatic carbocycles. The molecule has 1 aliphatic heterocycles. The number of rotatable bonds is 4. The number of benzene rings is 1. The van der Waals surface area contributed by atoms with Crippen LogP contribution >= 0.6 is 0 Å². The molecular formula is C16H24FNO2. The van der Waals surface area contributed by atoms with E-state index in [0.29, 0.717) is 17.2 Å². The standard InChI is InChI=1S/C16H24FNO2/c1-16(2,17)13-10-14(19-3)12(9-15(13)20-4)11-5-7-18-8-6-11/h9-11,18H,5-8H2,1-4H3. The van der Waals surface area contributed by atoms with Crippen molar-refractivity contribution in [1.29, 1.82) is 0 Å². The van der Waals surface area contributed by atoms with Crippen molar-refractivity contribution in [2.45, 2.75) is 38.3 Å². The zero-order chi connectivity index (χ0) is 14.8. The van der Waals surface area contributed by atoms with Gasteiger partial charge >= 0.3 is 0 Å². The number of hydrogen-bond acceptors (Lipinski definition) is 3. The second-order valence-electron chi connectivity index (χ2n) is 5.79. The Balaban J connectivity index is 2.46. The zero-order valence-electron chi connectivity index (χ0n) is 12.8. The van der Waals surface area contributed by atoms with E-state index in [2.05, 4.69) is 5.32 Å². The van der Waals surface area contributed by atoms with E-state index in [1.165, 1.54) is 13.8 Å². The molecule has 3 nitrogen and oxygen atoms in total. The van der Waals surface area contributed by atoms with Gasteiger partial charge in [0.1, 0.15) is 17.2 Å². The van der Waals surface area contributed by atoms with E-state index in [4.69, 9.17) is 9.47 Å². The van der Waals surface area contributed by atoms with Gasteiger partial charge in [-0.2, -0.15) is 0 Å². The molecule has 1 aromatic rings. The first-order valence-electron chi connectivity index (χ1n) is 7.13. The summed E-state index contributed by atoms with van der Waals surface area (Å²) >= 11 is 0. The van der Waals surface area contributed by atoms with E-state index < -0.39 is 5.67 Å². The lowest BCUT2D eigenvalue weighted by Crippen LogP contribution is -2.27. The normalized spacial score (nSPS) is 17.1. The Morgan fingerprint density at radius 3 is 2.20 bits per heavy atom. The van der Waals surface area contributed by atoms with Gasteiger partial charge in [-0.25, -0.2) is 4.39 Å². The monoisotopic (exact) mass is 281 g/mol. The van der Waals surface area contributed by atoms with Gasteiger partial charge in [0.15, 0.2) is 0 Å². The fourth-order valence-electron chi connectivity index (χ4n) is 2.84. The lowest BCUT2D eigenvalue weighted by molar-refractivity contribution is 0.212. The molecule has 0 aromatic heterocycles. The molecule has 1 saturated heterocycles. The van der Waals surface area contributed by atoms with Crippen molar-refractivity contribution in [2.24, 2.45) is 0 Å². The summed E-state index contributed by atoms with van der Waals surface area (Å²) in [6.45, 7) is 5.09. The van der Waals surface area contributed by atoms with Gasteiger partial charge in [-0.15, -0.1) is 0 Å². The summed E-state index contributed by atoms with van der Waals surface area (Å²) < 4.78 is 25.2. The number of piperidine rings is 1. The fraction of sp³-hybridized carbons (Fsp3) is 0.625. The smallest absolute Gasteiger partial charge is 0.134 e. The van der Waals surface area contributed by atoms with Crippen molar-refractivity contribution in [2.75, 3.05) is 27.3 Å². The van der Waals surface area contributed by atoms with Crippen LogP contribution in [0, 0.1) is 0 Å². The van der Waals surface area contributed by atoms with Crippen molar-refractivity contribution < 1.29 is 13.9 Å². The van der Waals surface area contributed by atoms with Crippen LogP contribution in [-0.4, -0.2) is 27.3 Å². The Hall–Kier alpha value is -1.29. The Kier molecular flexibility index (Phi) is 4.53. The number of methoxy groups -OCH3 is 2. The molecule has 0 bridgehead atoms. The summed E-state index contributed by atoms with van der Waals surface area (Å²) in [5.41, 5.74) is 0.207. The predicted molar refractivity (Wildman–Crippen MR) is 78.5 cm³/mol. The minimum atomic E-state index is -1.45. The minimum absolute atomic E-state index is 0.442. The van der Waals surface area contributed by atoms with E-state index in [0.717, 1.165) is 37.2 Å². The quantitative estimate of drug-likeness (QED) is 0.918. The molecule has 4 heteroatoms. The molecule has 2 rings (SSSR count). The largest absolute Gasteiger partial charge is 0.496 e. The van der Waals surface area contributed by atoms with Crippen molar-refractivity contribution in [1.82, 2.24) is 5.32 Å². The molecule has 0 saturated carbocycles. The first-order chi connectivity index (χ1) is 9.47. The highest BCUT2D eigenvalue weighted by Gasteiger charge is 2.28. The second-order valence-corrected chi connectivity index (χ2v) is 5.79. The fourth-order valence-corrected chi connectivity index (χ4v) is 2.84. The third kappa shape index (κ3) is 3.06. The average molecular weight is 281 g/mol. The van der Waals surface area contributed by atoms with Crippen molar-refractivity contribution in [3.8, 4) is 11.5 Å². The third-order valence-electron chi connectivity index (χ3n) is 3.97. The van der Waals surface area contributed by atoms with Crippen LogP contribution in [0.5, 0.6) is 11.5 Å². The van der Waals surface area contributed by atoms with Crippen molar-refractivity contribution in [3.63, 3.8) is 0 Å². The summed E-state index contributed by atoms with van der Waals surface area (Å²) in [6, 6.07) is 3.74. The molecule has 0 unspecified atom stereocenters. The van der Waals surface area contributed by atoms with Gasteiger partial charge in [-0.3, -0.25) is 0 Å². The lowest BCUT2D eigenvalue weighted by atomic mass is 9.87. The molecule has 0 spiro atoms. The van der Waals surface area contributed by atoms with Gasteiger partial charge in [0.2, 0.25) is 0 Å². The molecule has 20 heavy (non-hydrogen) atoms. The summed E-state index contributed by atoms with van der Waals surface area (Å²) in [7, 11) is 3.23. The van der Waals surface area contributed by atoms with Crippen molar-refractivity contribution >= 4 is 0 Å². The maximum absolute atomic E-state index is 14.3. The van der Waals surface area contributed by atoms with Crippen LogP contribution in [0.15, 0.2) is 12.1 Å². The molecule has 0 atom stereocenters. The van der Waals surface area contributed by atoms with Crippen LogP contribution in [0.1, 0.15) is 43.7 Å². The molecule has 1 heterocycles. The highest BCUT2D eigenvalue weighted by atomic mass is 19.1. The number of alkyl halides is 1. The molecule has 112 valence electrons. The summed E-state index contributed by atoms with van der Waals surface area (Å²) in [4.78, 5) is 0. The topological polar surface area (TPSA) is 30.5 Å². The van der Waals surface area contributed by atoms with Gasteiger partial charge in [-0.1, -0.05) is 0 Å². The zero-order valence-corrected chi connectivity index (χ0v) is 12.8. The number of ether oxygens (including phenoxy) is 2. The van der Waals surface area contributed by atoms with Gasteiger partial charge in [0, 0.05) is 11.1 Å². The van der Waals surface area contributed by atoms with Gasteiger partial charge in [-0.05, 0) is 57.8 Å². The lowest BCUT2D eigenvalue weighted by Gasteiger charge is -2.27. The predicted octanol–water partition coefficient (Wildman–Crippen LogP) is 3.38. The minimum Gasteiger partial charge on any atom is -0.496 e. The Bertz CT molecular complexity index is 462. The summed E-state index contributed by atoms with van der Waals surface area (Å²) in [5, 5.41) is 3.35. The third-order valence-corrected chi connectivity index (χ3v) is 3.97. The van der Waals surface area contributed by atoms with Gasteiger partial charge in [0.25, 0.3) is 0 Å². The number of nitrogens with one attached hydrogen (secondary N) is 1. The van der Waals surface area contributed by atoms with Crippen LogP contribution in [0.3, 0.4) is 0 Å². The molecular weight excluding hydrogens is 257 g/mol. The van der Waals surface area contributed by atoms with Crippen molar-refractivity contribution in [3.05, 3.63) is 23.3 Å². The van der Waals surface area contributed by atoms with Crippen LogP contribution in [0.2, 0.25) is 0 Å². The van der Waals surface area contributed by atoms with Gasteiger partial charge < -0.3 is 14.8 Å². The molecule has 1 fully saturated rings. The molecule has 0 radical (unpaired) electrons. The average Bonchev–Trinajstić information content (AvgIpc) is 2.45. The Morgan fingerprint density at radius 2 is 1.70 bits per heavy atom. The van der Waals surface area contributed by atoms with Crippen LogP contribution in [0.25, 0.3) is 0 Å². The van der Waals surface area contributed by atoms with E-state index >= 15 is 0 Å². The molecule has 1 aliphatic rings. The highest BCUT2D eigenvalue weighted by Crippen LogP contribution is 2.41. The SMILES string of the molecule is COc1cc(C(C)(C)F)c(OC)cc1C1CCNCC1. The second kappa shape index (κ2) is 6.00. The highest BCUT2D eigenvalue weighted by molar-refractivity contribution is 5.50. The van der Waals surface area contributed by atoms with E-state index in [9.17, 15) is 4.39 Å². The summed E-state index contributed by atoms with van der Waals surface area (Å²) in [6.07, 6.45) is 2.13. The first kappa shape index (κ1) is 15.1. The van der Waals surface area contributed by atoms with E-state index in [1.807, 2.05) is 6.07 Å². The summed E-state index contributed by atoms with van der Waals surface area (Å²) in [5.74, 6) is 1.81. The van der Waals surface area contributed by atoms with E-state index in [-0.39, 0.29) is 0 Å². The van der Waals surface area contributed by atoms with Crippen LogP contribution < -0.4 is 14.8 Å². The number of hydrogen-bond donors (Lipinski definition) is 1. The molecule has 0 aliphatic carbocycles. The maximum Gasteiger partial charge on any atom is 0.134 e. The van der Waals surface area contributed by atoms with Crippen LogP contribution in [0.4, 0.5) is 4.39 Å². The Morgan fingerprint density at radius 1 is 1.10 bits per heavy atom. The first-order valence-corrected chi connectivity index (χ1v) is 7.13. The Labute approximate surface area is 120 Å². The molecule has 0 amide bonds. The molecule has 1 N–H and O–H groups in total.